The van der Waals surface area contributed by atoms with E-state index in [0.29, 0.717) is 19.3 Å². The average Bonchev–Trinajstić information content (AvgIpc) is 3.21. The highest BCUT2D eigenvalue weighted by Crippen LogP contribution is 2.18. The molecule has 1 unspecified atom stereocenters. The van der Waals surface area contributed by atoms with Crippen molar-refractivity contribution in [2.45, 2.75) is 291 Å². The van der Waals surface area contributed by atoms with Gasteiger partial charge in [0.1, 0.15) is 13.2 Å². The van der Waals surface area contributed by atoms with E-state index in [2.05, 4.69) is 34.6 Å². The lowest BCUT2D eigenvalue weighted by Gasteiger charge is -2.18. The number of hydrogen-bond donors (Lipinski definition) is 0. The Hall–Kier alpha value is -1.59. The molecular formula is C52H100O6. The molecule has 0 spiro atoms. The first-order chi connectivity index (χ1) is 28.3. The standard InChI is InChI=1S/C52H100O6/c1-6-8-9-10-11-12-13-14-15-18-21-27-32-37-42-50(53)56-45-49(58-52(55)44-39-34-29-24-23-26-31-36-41-48(5)7-2)46-57-51(54)43-38-33-28-22-19-16-17-20-25-30-35-40-47(3)4/h47-49H,6-46H2,1-5H3/t48?,49-/m0/s1. The van der Waals surface area contributed by atoms with E-state index in [1.165, 1.54) is 173 Å². The second-order valence-electron chi connectivity index (χ2n) is 18.5. The molecule has 0 aromatic carbocycles. The topological polar surface area (TPSA) is 78.9 Å². The van der Waals surface area contributed by atoms with Gasteiger partial charge in [0.05, 0.1) is 0 Å². The fourth-order valence-corrected chi connectivity index (χ4v) is 7.78. The molecule has 344 valence electrons. The van der Waals surface area contributed by atoms with E-state index >= 15 is 0 Å². The van der Waals surface area contributed by atoms with Crippen molar-refractivity contribution in [2.75, 3.05) is 13.2 Å². The van der Waals surface area contributed by atoms with Crippen LogP contribution in [0.2, 0.25) is 0 Å². The van der Waals surface area contributed by atoms with Gasteiger partial charge in [0.25, 0.3) is 0 Å². The third kappa shape index (κ3) is 44.0. The maximum atomic E-state index is 12.8. The Kier molecular flexibility index (Phi) is 43.7. The summed E-state index contributed by atoms with van der Waals surface area (Å²) in [6.45, 7) is 11.4. The van der Waals surface area contributed by atoms with Gasteiger partial charge >= 0.3 is 17.9 Å². The van der Waals surface area contributed by atoms with E-state index in [1.807, 2.05) is 0 Å². The number of carbonyl (C=O) groups excluding carboxylic acids is 3. The first-order valence-corrected chi connectivity index (χ1v) is 25.8. The summed E-state index contributed by atoms with van der Waals surface area (Å²) in [5.74, 6) is 0.822. The molecule has 0 radical (unpaired) electrons. The van der Waals surface area contributed by atoms with Crippen molar-refractivity contribution in [1.82, 2.24) is 0 Å². The first kappa shape index (κ1) is 56.4. The van der Waals surface area contributed by atoms with E-state index in [0.717, 1.165) is 69.6 Å². The Labute approximate surface area is 361 Å². The minimum atomic E-state index is -0.762. The monoisotopic (exact) mass is 821 g/mol. The quantitative estimate of drug-likeness (QED) is 0.0346. The van der Waals surface area contributed by atoms with Crippen molar-refractivity contribution < 1.29 is 28.6 Å². The molecule has 0 bridgehead atoms. The highest BCUT2D eigenvalue weighted by Gasteiger charge is 2.19. The molecule has 58 heavy (non-hydrogen) atoms. The molecule has 0 aliphatic heterocycles. The number of ether oxygens (including phenoxy) is 3. The smallest absolute Gasteiger partial charge is 0.306 e. The van der Waals surface area contributed by atoms with Crippen LogP contribution in [-0.2, 0) is 28.6 Å². The van der Waals surface area contributed by atoms with E-state index in [-0.39, 0.29) is 31.1 Å². The molecule has 0 aliphatic rings. The fourth-order valence-electron chi connectivity index (χ4n) is 7.78. The number of hydrogen-bond acceptors (Lipinski definition) is 6. The Bertz CT molecular complexity index is 887. The summed E-state index contributed by atoms with van der Waals surface area (Å²) in [6.07, 6.45) is 45.1. The van der Waals surface area contributed by atoms with Gasteiger partial charge in [-0.2, -0.15) is 0 Å². The summed E-state index contributed by atoms with van der Waals surface area (Å²) < 4.78 is 16.8. The molecule has 0 aliphatic carbocycles. The van der Waals surface area contributed by atoms with Crippen LogP contribution in [0.1, 0.15) is 285 Å². The van der Waals surface area contributed by atoms with Crippen LogP contribution in [0.3, 0.4) is 0 Å². The molecule has 0 aromatic heterocycles. The van der Waals surface area contributed by atoms with Gasteiger partial charge in [0.15, 0.2) is 6.10 Å². The van der Waals surface area contributed by atoms with Gasteiger partial charge in [-0.1, -0.05) is 247 Å². The van der Waals surface area contributed by atoms with Gasteiger partial charge in [-0.05, 0) is 31.1 Å². The Morgan fingerprint density at radius 3 is 0.983 bits per heavy atom. The Balaban J connectivity index is 4.32. The van der Waals surface area contributed by atoms with Crippen LogP contribution < -0.4 is 0 Å². The lowest BCUT2D eigenvalue weighted by atomic mass is 9.99. The molecule has 0 rings (SSSR count). The van der Waals surface area contributed by atoms with Crippen molar-refractivity contribution >= 4 is 17.9 Å². The van der Waals surface area contributed by atoms with Gasteiger partial charge < -0.3 is 14.2 Å². The lowest BCUT2D eigenvalue weighted by molar-refractivity contribution is -0.167. The van der Waals surface area contributed by atoms with Gasteiger partial charge in [0, 0.05) is 19.3 Å². The molecular weight excluding hydrogens is 721 g/mol. The Morgan fingerprint density at radius 2 is 0.655 bits per heavy atom. The molecule has 0 saturated carbocycles. The minimum absolute atomic E-state index is 0.0641. The molecule has 0 heterocycles. The molecule has 6 heteroatoms. The van der Waals surface area contributed by atoms with Gasteiger partial charge in [-0.15, -0.1) is 0 Å². The van der Waals surface area contributed by atoms with Crippen LogP contribution in [0.25, 0.3) is 0 Å². The summed E-state index contributed by atoms with van der Waals surface area (Å²) in [6, 6.07) is 0. The van der Waals surface area contributed by atoms with Crippen molar-refractivity contribution in [3.05, 3.63) is 0 Å². The fraction of sp³-hybridized carbons (Fsp3) is 0.942. The summed E-state index contributed by atoms with van der Waals surface area (Å²) in [4.78, 5) is 37.9. The van der Waals surface area contributed by atoms with E-state index in [4.69, 9.17) is 14.2 Å². The molecule has 2 atom stereocenters. The van der Waals surface area contributed by atoms with Crippen LogP contribution >= 0.6 is 0 Å². The van der Waals surface area contributed by atoms with Gasteiger partial charge in [-0.25, -0.2) is 0 Å². The van der Waals surface area contributed by atoms with Crippen LogP contribution in [0, 0.1) is 11.8 Å². The average molecular weight is 821 g/mol. The third-order valence-electron chi connectivity index (χ3n) is 12.1. The number of esters is 3. The molecule has 0 amide bonds. The number of rotatable bonds is 46. The summed E-state index contributed by atoms with van der Waals surface area (Å²) in [5.41, 5.74) is 0. The predicted octanol–water partition coefficient (Wildman–Crippen LogP) is 16.5. The zero-order chi connectivity index (χ0) is 42.6. The molecule has 0 fully saturated rings. The SMILES string of the molecule is CCCCCCCCCCCCCCCCC(=O)OC[C@@H](COC(=O)CCCCCCCCCCCCCC(C)C)OC(=O)CCCCCCCCCCC(C)CC. The molecule has 6 nitrogen and oxygen atoms in total. The zero-order valence-corrected chi connectivity index (χ0v) is 39.7. The lowest BCUT2D eigenvalue weighted by Crippen LogP contribution is -2.30. The predicted molar refractivity (Wildman–Crippen MR) is 247 cm³/mol. The maximum Gasteiger partial charge on any atom is 0.306 e. The molecule has 0 saturated heterocycles. The summed E-state index contributed by atoms with van der Waals surface area (Å²) >= 11 is 0. The second-order valence-corrected chi connectivity index (χ2v) is 18.5. The normalized spacial score (nSPS) is 12.5. The van der Waals surface area contributed by atoms with Crippen molar-refractivity contribution in [1.29, 1.82) is 0 Å². The highest BCUT2D eigenvalue weighted by molar-refractivity contribution is 5.71. The number of carbonyl (C=O) groups is 3. The Morgan fingerprint density at radius 1 is 0.362 bits per heavy atom. The van der Waals surface area contributed by atoms with Crippen LogP contribution in [0.4, 0.5) is 0 Å². The second kappa shape index (κ2) is 44.9. The largest absolute Gasteiger partial charge is 0.462 e. The zero-order valence-electron chi connectivity index (χ0n) is 39.7. The van der Waals surface area contributed by atoms with Crippen molar-refractivity contribution in [2.24, 2.45) is 11.8 Å². The highest BCUT2D eigenvalue weighted by atomic mass is 16.6. The van der Waals surface area contributed by atoms with Crippen LogP contribution in [0.5, 0.6) is 0 Å². The van der Waals surface area contributed by atoms with E-state index < -0.39 is 6.10 Å². The van der Waals surface area contributed by atoms with Gasteiger partial charge in [-0.3, -0.25) is 14.4 Å². The van der Waals surface area contributed by atoms with E-state index in [1.54, 1.807) is 0 Å². The minimum Gasteiger partial charge on any atom is -0.462 e. The first-order valence-electron chi connectivity index (χ1n) is 25.8. The maximum absolute atomic E-state index is 12.8. The molecule has 0 N–H and O–H groups in total. The van der Waals surface area contributed by atoms with Crippen molar-refractivity contribution in [3.63, 3.8) is 0 Å². The summed E-state index contributed by atoms with van der Waals surface area (Å²) in [5, 5.41) is 0. The van der Waals surface area contributed by atoms with E-state index in [9.17, 15) is 14.4 Å². The number of unbranched alkanes of at least 4 members (excludes halogenated alkanes) is 30. The van der Waals surface area contributed by atoms with Crippen molar-refractivity contribution in [3.8, 4) is 0 Å². The van der Waals surface area contributed by atoms with Gasteiger partial charge in [0.2, 0.25) is 0 Å². The molecule has 0 aromatic rings. The summed E-state index contributed by atoms with van der Waals surface area (Å²) in [7, 11) is 0. The van der Waals surface area contributed by atoms with Crippen LogP contribution in [-0.4, -0.2) is 37.2 Å². The third-order valence-corrected chi connectivity index (χ3v) is 12.1. The van der Waals surface area contributed by atoms with Crippen LogP contribution in [0.15, 0.2) is 0 Å².